The molecule has 0 saturated carbocycles. The van der Waals surface area contributed by atoms with Crippen molar-refractivity contribution in [3.05, 3.63) is 152 Å². The molecule has 0 aliphatic carbocycles. The van der Waals surface area contributed by atoms with Gasteiger partial charge in [0, 0.05) is 27.6 Å². The lowest BCUT2D eigenvalue weighted by molar-refractivity contribution is 0.620. The summed E-state index contributed by atoms with van der Waals surface area (Å²) in [6.45, 7) is 0. The van der Waals surface area contributed by atoms with E-state index in [4.69, 9.17) is 14.4 Å². The van der Waals surface area contributed by atoms with Gasteiger partial charge in [0.25, 0.3) is 0 Å². The van der Waals surface area contributed by atoms with Gasteiger partial charge in [-0.2, -0.15) is 0 Å². The van der Waals surface area contributed by atoms with Gasteiger partial charge in [-0.15, -0.1) is 11.3 Å². The number of thiazole rings is 1. The summed E-state index contributed by atoms with van der Waals surface area (Å²) < 4.78 is 9.73. The number of oxazole rings is 1. The van der Waals surface area contributed by atoms with E-state index in [9.17, 15) is 0 Å². The molecule has 0 spiro atoms. The molecule has 47 heavy (non-hydrogen) atoms. The van der Waals surface area contributed by atoms with Crippen molar-refractivity contribution in [1.82, 2.24) is 14.5 Å². The SMILES string of the molecule is c1ccc2cc(-c3ccc(-n4c5ccc(-c6nc7ccccc7o6)cc5c5cc(-c6nc7ccccc7s6)ccc54)cc3)ccc2c1. The minimum atomic E-state index is 0.621. The first-order valence-electron chi connectivity index (χ1n) is 15.6. The third-order valence-electron chi connectivity index (χ3n) is 9.06. The van der Waals surface area contributed by atoms with Gasteiger partial charge in [-0.3, -0.25) is 0 Å². The van der Waals surface area contributed by atoms with E-state index in [0.29, 0.717) is 5.89 Å². The highest BCUT2D eigenvalue weighted by molar-refractivity contribution is 7.21. The molecule has 0 unspecified atom stereocenters. The second kappa shape index (κ2) is 10.2. The third kappa shape index (κ3) is 4.28. The Bertz CT molecular complexity index is 2610. The van der Waals surface area contributed by atoms with E-state index in [1.807, 2.05) is 30.3 Å². The fourth-order valence-electron chi connectivity index (χ4n) is 6.73. The van der Waals surface area contributed by atoms with Gasteiger partial charge in [0.2, 0.25) is 5.89 Å². The van der Waals surface area contributed by atoms with Crippen molar-refractivity contribution >= 4 is 65.2 Å². The predicted octanol–water partition coefficient (Wildman–Crippen LogP) is 11.7. The lowest BCUT2D eigenvalue weighted by atomic mass is 10.0. The number of aromatic nitrogens is 3. The average molecular weight is 620 g/mol. The van der Waals surface area contributed by atoms with Crippen molar-refractivity contribution in [1.29, 1.82) is 0 Å². The van der Waals surface area contributed by atoms with Crippen LogP contribution in [0.5, 0.6) is 0 Å². The van der Waals surface area contributed by atoms with Gasteiger partial charge in [0.15, 0.2) is 5.58 Å². The minimum Gasteiger partial charge on any atom is -0.436 e. The number of nitrogens with zero attached hydrogens (tertiary/aromatic N) is 3. The van der Waals surface area contributed by atoms with Crippen LogP contribution in [0, 0.1) is 0 Å². The number of hydrogen-bond donors (Lipinski definition) is 0. The van der Waals surface area contributed by atoms with Crippen LogP contribution in [0.15, 0.2) is 156 Å². The molecule has 0 amide bonds. The van der Waals surface area contributed by atoms with Crippen molar-refractivity contribution in [2.24, 2.45) is 0 Å². The van der Waals surface area contributed by atoms with Crippen LogP contribution in [-0.2, 0) is 0 Å². The van der Waals surface area contributed by atoms with Gasteiger partial charge in [0.1, 0.15) is 10.5 Å². The zero-order valence-electron chi connectivity index (χ0n) is 25.1. The van der Waals surface area contributed by atoms with Crippen LogP contribution >= 0.6 is 11.3 Å². The quantitative estimate of drug-likeness (QED) is 0.197. The molecule has 3 aromatic heterocycles. The maximum atomic E-state index is 6.19. The standard InChI is InChI=1S/C42H25N3OS/c1-2-8-28-23-29(14-13-26(28)7-1)27-15-19-32(20-16-27)45-37-21-17-30(41-43-35-9-3-5-11-39(35)46-41)24-33(37)34-25-31(18-22-38(34)45)42-44-36-10-4-6-12-40(36)47-42/h1-25H. The minimum absolute atomic E-state index is 0.621. The molecule has 5 heteroatoms. The Kier molecular flexibility index (Phi) is 5.71. The van der Waals surface area contributed by atoms with Crippen molar-refractivity contribution in [3.8, 4) is 38.8 Å². The zero-order valence-corrected chi connectivity index (χ0v) is 25.9. The van der Waals surface area contributed by atoms with Gasteiger partial charge >= 0.3 is 0 Å². The lowest BCUT2D eigenvalue weighted by Gasteiger charge is -2.10. The van der Waals surface area contributed by atoms with Crippen molar-refractivity contribution in [3.63, 3.8) is 0 Å². The summed E-state index contributed by atoms with van der Waals surface area (Å²) >= 11 is 1.73. The first kappa shape index (κ1) is 26.2. The van der Waals surface area contributed by atoms with E-state index >= 15 is 0 Å². The second-order valence-corrected chi connectivity index (χ2v) is 12.9. The number of hydrogen-bond acceptors (Lipinski definition) is 4. The topological polar surface area (TPSA) is 43.9 Å². The van der Waals surface area contributed by atoms with Crippen molar-refractivity contribution in [2.45, 2.75) is 0 Å². The average Bonchev–Trinajstić information content (AvgIpc) is 3.85. The van der Waals surface area contributed by atoms with Gasteiger partial charge in [0.05, 0.1) is 21.3 Å². The fourth-order valence-corrected chi connectivity index (χ4v) is 7.69. The van der Waals surface area contributed by atoms with Crippen LogP contribution < -0.4 is 0 Å². The van der Waals surface area contributed by atoms with E-state index in [0.717, 1.165) is 60.2 Å². The highest BCUT2D eigenvalue weighted by Crippen LogP contribution is 2.39. The molecule has 220 valence electrons. The predicted molar refractivity (Wildman–Crippen MR) is 195 cm³/mol. The molecular formula is C42H25N3OS. The highest BCUT2D eigenvalue weighted by atomic mass is 32.1. The molecule has 0 aliphatic rings. The maximum Gasteiger partial charge on any atom is 0.227 e. The van der Waals surface area contributed by atoms with Crippen molar-refractivity contribution in [2.75, 3.05) is 0 Å². The van der Waals surface area contributed by atoms with E-state index in [-0.39, 0.29) is 0 Å². The van der Waals surface area contributed by atoms with Gasteiger partial charge in [-0.1, -0.05) is 72.8 Å². The van der Waals surface area contributed by atoms with Crippen LogP contribution in [0.4, 0.5) is 0 Å². The first-order chi connectivity index (χ1) is 23.2. The van der Waals surface area contributed by atoms with Crippen LogP contribution in [0.2, 0.25) is 0 Å². The molecule has 0 saturated heterocycles. The molecule has 3 heterocycles. The van der Waals surface area contributed by atoms with Crippen LogP contribution in [0.3, 0.4) is 0 Å². The number of benzene rings is 7. The monoisotopic (exact) mass is 619 g/mol. The summed E-state index contributed by atoms with van der Waals surface area (Å²) in [5.74, 6) is 0.621. The molecule has 7 aromatic carbocycles. The summed E-state index contributed by atoms with van der Waals surface area (Å²) in [6.07, 6.45) is 0. The second-order valence-electron chi connectivity index (χ2n) is 11.9. The number of para-hydroxylation sites is 3. The Morgan fingerprint density at radius 3 is 1.96 bits per heavy atom. The Labute approximate surface area is 273 Å². The van der Waals surface area contributed by atoms with E-state index in [2.05, 4.69) is 126 Å². The summed E-state index contributed by atoms with van der Waals surface area (Å²) in [7, 11) is 0. The van der Waals surface area contributed by atoms with Gasteiger partial charge < -0.3 is 8.98 Å². The molecule has 10 rings (SSSR count). The molecule has 0 N–H and O–H groups in total. The van der Waals surface area contributed by atoms with Gasteiger partial charge in [-0.25, -0.2) is 9.97 Å². The van der Waals surface area contributed by atoms with E-state index in [1.165, 1.54) is 26.6 Å². The summed E-state index contributed by atoms with van der Waals surface area (Å²) in [5.41, 5.74) is 10.5. The smallest absolute Gasteiger partial charge is 0.227 e. The Morgan fingerprint density at radius 2 is 1.15 bits per heavy atom. The van der Waals surface area contributed by atoms with Crippen LogP contribution in [0.1, 0.15) is 0 Å². The first-order valence-corrected chi connectivity index (χ1v) is 16.5. The Balaban J connectivity index is 1.15. The summed E-state index contributed by atoms with van der Waals surface area (Å²) in [4.78, 5) is 9.77. The summed E-state index contributed by atoms with van der Waals surface area (Å²) in [5, 5.41) is 5.81. The number of fused-ring (bicyclic) bond motifs is 6. The molecule has 0 bridgehead atoms. The lowest BCUT2D eigenvalue weighted by Crippen LogP contribution is -1.94. The maximum absolute atomic E-state index is 6.19. The van der Waals surface area contributed by atoms with E-state index in [1.54, 1.807) is 11.3 Å². The zero-order chi connectivity index (χ0) is 30.9. The largest absolute Gasteiger partial charge is 0.436 e. The van der Waals surface area contributed by atoms with Crippen LogP contribution in [0.25, 0.3) is 92.7 Å². The molecule has 10 aromatic rings. The molecule has 0 radical (unpaired) electrons. The van der Waals surface area contributed by atoms with Crippen molar-refractivity contribution < 1.29 is 4.42 Å². The molecule has 4 nitrogen and oxygen atoms in total. The summed E-state index contributed by atoms with van der Waals surface area (Å²) in [6, 6.07) is 53.5. The Morgan fingerprint density at radius 1 is 0.489 bits per heavy atom. The number of rotatable bonds is 4. The molecule has 0 aliphatic heterocycles. The Hall–Kier alpha value is -6.04. The van der Waals surface area contributed by atoms with E-state index < -0.39 is 0 Å². The fraction of sp³-hybridized carbons (Fsp3) is 0. The van der Waals surface area contributed by atoms with Crippen LogP contribution in [-0.4, -0.2) is 14.5 Å². The molecule has 0 atom stereocenters. The normalized spacial score (nSPS) is 11.8. The molecule has 0 fully saturated rings. The third-order valence-corrected chi connectivity index (χ3v) is 10.1. The molecular weight excluding hydrogens is 595 g/mol. The van der Waals surface area contributed by atoms with Gasteiger partial charge in [-0.05, 0) is 101 Å². The highest BCUT2D eigenvalue weighted by Gasteiger charge is 2.17.